The molecule has 1 aliphatic carbocycles. The average Bonchev–Trinajstić information content (AvgIpc) is 3.36. The summed E-state index contributed by atoms with van der Waals surface area (Å²) in [5, 5.41) is 10.6. The maximum atomic E-state index is 13.8. The molecule has 0 saturated heterocycles. The molecule has 0 saturated carbocycles. The molecule has 10 heteroatoms. The van der Waals surface area contributed by atoms with E-state index in [9.17, 15) is 14.0 Å². The van der Waals surface area contributed by atoms with Gasteiger partial charge >= 0.3 is 12.0 Å². The molecule has 2 aromatic carbocycles. The Morgan fingerprint density at radius 1 is 1.11 bits per heavy atom. The van der Waals surface area contributed by atoms with Gasteiger partial charge in [0.05, 0.1) is 26.5 Å². The van der Waals surface area contributed by atoms with Gasteiger partial charge in [0.2, 0.25) is 0 Å². The van der Waals surface area contributed by atoms with Crippen molar-refractivity contribution in [3.8, 4) is 22.8 Å². The largest absolute Gasteiger partial charge is 0.493 e. The second kappa shape index (κ2) is 9.80. The number of anilines is 2. The van der Waals surface area contributed by atoms with Gasteiger partial charge in [0, 0.05) is 22.2 Å². The number of methoxy groups -OCH3 is 2. The third kappa shape index (κ3) is 4.77. The van der Waals surface area contributed by atoms with Crippen LogP contribution in [0.5, 0.6) is 11.5 Å². The van der Waals surface area contributed by atoms with Gasteiger partial charge in [-0.1, -0.05) is 12.6 Å². The maximum Gasteiger partial charge on any atom is 0.342 e. The first-order chi connectivity index (χ1) is 16.8. The molecule has 0 radical (unpaired) electrons. The number of nitrogens with zero attached hydrogens (tertiary/aromatic N) is 1. The van der Waals surface area contributed by atoms with Crippen LogP contribution in [0.2, 0.25) is 0 Å². The van der Waals surface area contributed by atoms with Crippen LogP contribution >= 0.6 is 0 Å². The minimum atomic E-state index is -0.533. The molecule has 2 aromatic rings. The predicted molar refractivity (Wildman–Crippen MR) is 130 cm³/mol. The molecule has 3 N–H and O–H groups in total. The Morgan fingerprint density at radius 3 is 2.54 bits per heavy atom. The maximum absolute atomic E-state index is 13.8. The number of carbonyl (C=O) groups excluding carboxylic acids is 2. The normalized spacial score (nSPS) is 10.9. The molecular weight excluding hydrogens is 455 g/mol. The van der Waals surface area contributed by atoms with Gasteiger partial charge in [0.1, 0.15) is 18.2 Å². The number of hydrogen-bond acceptors (Lipinski definition) is 6. The fourth-order valence-corrected chi connectivity index (χ4v) is 3.68. The van der Waals surface area contributed by atoms with Gasteiger partial charge in [-0.2, -0.15) is 4.68 Å². The smallest absolute Gasteiger partial charge is 0.342 e. The molecule has 0 fully saturated rings. The van der Waals surface area contributed by atoms with E-state index in [1.807, 2.05) is 18.2 Å². The molecule has 0 spiro atoms. The molecule has 0 bridgehead atoms. The lowest BCUT2D eigenvalue weighted by Gasteiger charge is -2.12. The summed E-state index contributed by atoms with van der Waals surface area (Å²) in [5.74, 6) is 0.560. The number of fused-ring (bicyclic) bond motifs is 3. The van der Waals surface area contributed by atoms with Crippen molar-refractivity contribution in [3.63, 3.8) is 0 Å². The van der Waals surface area contributed by atoms with Gasteiger partial charge in [-0.3, -0.25) is 5.10 Å². The van der Waals surface area contributed by atoms with Crippen LogP contribution in [0.4, 0.5) is 20.7 Å². The summed E-state index contributed by atoms with van der Waals surface area (Å²) in [5.41, 5.74) is 2.10. The lowest BCUT2D eigenvalue weighted by Crippen LogP contribution is -2.33. The molecule has 0 atom stereocenters. The Kier molecular flexibility index (Phi) is 6.63. The zero-order valence-electron chi connectivity index (χ0n) is 19.5. The standard InChI is InChI=1S/C25H25FN4O5/c1-14(2)24(31)35-9-8-27-25(32)30-23(28-17-7-5-6-16(26)12-17)19-10-15-11-20(33-3)21(34-4)13-18(15)22(19)29-30/h5-7,10-13,28-29H,1,8-9H2,2-4H3,(H,27,32). The van der Waals surface area contributed by atoms with Crippen molar-refractivity contribution in [2.45, 2.75) is 6.92 Å². The summed E-state index contributed by atoms with van der Waals surface area (Å²) in [6.07, 6.45) is 0. The summed E-state index contributed by atoms with van der Waals surface area (Å²) in [6.45, 7) is 5.13. The third-order valence-electron chi connectivity index (χ3n) is 5.35. The summed E-state index contributed by atoms with van der Waals surface area (Å²) < 4.78 is 31.0. The monoisotopic (exact) mass is 480 g/mol. The highest BCUT2D eigenvalue weighted by Gasteiger charge is 2.25. The van der Waals surface area contributed by atoms with Crippen LogP contribution in [0.3, 0.4) is 0 Å². The minimum absolute atomic E-state index is 0.0168. The Labute approximate surface area is 200 Å². The van der Waals surface area contributed by atoms with Crippen molar-refractivity contribution in [3.05, 3.63) is 60.4 Å². The van der Waals surface area contributed by atoms with E-state index >= 15 is 0 Å². The second-order valence-electron chi connectivity index (χ2n) is 7.81. The Morgan fingerprint density at radius 2 is 1.86 bits per heavy atom. The van der Waals surface area contributed by atoms with Crippen LogP contribution in [0.15, 0.2) is 54.6 Å². The minimum Gasteiger partial charge on any atom is -0.493 e. The number of halogens is 1. The lowest BCUT2D eigenvalue weighted by atomic mass is 10.2. The van der Waals surface area contributed by atoms with E-state index in [2.05, 4.69) is 22.3 Å². The van der Waals surface area contributed by atoms with Crippen LogP contribution in [-0.2, 0) is 9.53 Å². The number of hydrogen-bond donors (Lipinski definition) is 3. The topological polar surface area (TPSA) is 107 Å². The van der Waals surface area contributed by atoms with Crippen molar-refractivity contribution in [2.24, 2.45) is 0 Å². The van der Waals surface area contributed by atoms with Crippen molar-refractivity contribution < 1.29 is 28.2 Å². The Hall–Kier alpha value is -4.47. The molecule has 0 unspecified atom stereocenters. The molecule has 1 heterocycles. The first-order valence-corrected chi connectivity index (χ1v) is 10.7. The Bertz CT molecular complexity index is 1390. The number of nitrogens with one attached hydrogen (secondary N) is 3. The van der Waals surface area contributed by atoms with Gasteiger partial charge in [-0.15, -0.1) is 0 Å². The van der Waals surface area contributed by atoms with Crippen molar-refractivity contribution in [1.29, 1.82) is 0 Å². The first-order valence-electron chi connectivity index (χ1n) is 10.7. The van der Waals surface area contributed by atoms with E-state index in [0.717, 1.165) is 10.8 Å². The van der Waals surface area contributed by atoms with E-state index in [4.69, 9.17) is 14.2 Å². The molecule has 35 heavy (non-hydrogen) atoms. The van der Waals surface area contributed by atoms with Crippen molar-refractivity contribution in [2.75, 3.05) is 32.7 Å². The highest BCUT2D eigenvalue weighted by Crippen LogP contribution is 2.43. The third-order valence-corrected chi connectivity index (χ3v) is 5.35. The quantitative estimate of drug-likeness (QED) is 0.193. The summed E-state index contributed by atoms with van der Waals surface area (Å²) in [7, 11) is 3.10. The molecule has 9 nitrogen and oxygen atoms in total. The molecule has 1 aliphatic heterocycles. The van der Waals surface area contributed by atoms with Gasteiger partial charge < -0.3 is 24.8 Å². The number of rotatable bonds is 8. The van der Waals surface area contributed by atoms with E-state index in [1.54, 1.807) is 33.3 Å². The van der Waals surface area contributed by atoms with E-state index in [-0.39, 0.29) is 18.7 Å². The van der Waals surface area contributed by atoms with E-state index in [0.29, 0.717) is 34.3 Å². The number of carbonyl (C=O) groups is 2. The second-order valence-corrected chi connectivity index (χ2v) is 7.81. The van der Waals surface area contributed by atoms with Crippen LogP contribution < -0.4 is 20.1 Å². The highest BCUT2D eigenvalue weighted by atomic mass is 19.1. The fraction of sp³-hybridized carbons (Fsp3) is 0.200. The van der Waals surface area contributed by atoms with Crippen LogP contribution in [0.1, 0.15) is 6.92 Å². The molecule has 4 rings (SSSR count). The van der Waals surface area contributed by atoms with Gasteiger partial charge in [0.25, 0.3) is 0 Å². The predicted octanol–water partition coefficient (Wildman–Crippen LogP) is 4.65. The van der Waals surface area contributed by atoms with Gasteiger partial charge in [0.15, 0.2) is 11.5 Å². The molecular formula is C25H25FN4O5. The average molecular weight is 480 g/mol. The van der Waals surface area contributed by atoms with Crippen LogP contribution in [-0.4, -0.2) is 49.2 Å². The summed E-state index contributed by atoms with van der Waals surface area (Å²) in [6, 6.07) is 11.0. The number of H-pyrrole nitrogens is 1. The van der Waals surface area contributed by atoms with E-state index in [1.165, 1.54) is 16.8 Å². The molecule has 0 aromatic heterocycles. The zero-order chi connectivity index (χ0) is 25.1. The number of aromatic nitrogens is 2. The summed E-state index contributed by atoms with van der Waals surface area (Å²) >= 11 is 0. The zero-order valence-corrected chi connectivity index (χ0v) is 19.5. The Balaban J connectivity index is 1.71. The SMILES string of the molecule is C=C(C)C(=O)OCCNC(=O)n1[nH]c2c3cc(OC)c(OC)cc3cc-2c1Nc1cccc(F)c1. The van der Waals surface area contributed by atoms with Crippen LogP contribution in [0.25, 0.3) is 22.0 Å². The number of amides is 1. The number of ether oxygens (including phenoxy) is 3. The molecule has 2 aliphatic rings. The van der Waals surface area contributed by atoms with Gasteiger partial charge in [-0.25, -0.2) is 14.0 Å². The van der Waals surface area contributed by atoms with Crippen molar-refractivity contribution >= 4 is 34.3 Å². The number of aromatic amines is 1. The lowest BCUT2D eigenvalue weighted by molar-refractivity contribution is -0.138. The van der Waals surface area contributed by atoms with Crippen molar-refractivity contribution in [1.82, 2.24) is 15.1 Å². The molecule has 1 amide bonds. The fourth-order valence-electron chi connectivity index (χ4n) is 3.68. The molecule has 182 valence electrons. The first kappa shape index (κ1) is 23.7. The highest BCUT2D eigenvalue weighted by molar-refractivity contribution is 6.07. The van der Waals surface area contributed by atoms with E-state index < -0.39 is 17.8 Å². The van der Waals surface area contributed by atoms with Crippen LogP contribution in [0, 0.1) is 5.82 Å². The van der Waals surface area contributed by atoms with Gasteiger partial charge in [-0.05, 0) is 48.7 Å². The number of benzene rings is 2. The summed E-state index contributed by atoms with van der Waals surface area (Å²) in [4.78, 5) is 24.6. The number of esters is 1.